The lowest BCUT2D eigenvalue weighted by Gasteiger charge is -2.12. The second kappa shape index (κ2) is 5.94. The lowest BCUT2D eigenvalue weighted by atomic mass is 10.2. The Morgan fingerprint density at radius 2 is 2.28 bits per heavy atom. The monoisotopic (exact) mass is 278 g/mol. The van der Waals surface area contributed by atoms with Crippen molar-refractivity contribution in [2.24, 2.45) is 0 Å². The second-order valence-electron chi connectivity index (χ2n) is 3.71. The Hall–Kier alpha value is -1.45. The quantitative estimate of drug-likeness (QED) is 0.597. The molecule has 8 nitrogen and oxygen atoms in total. The van der Waals surface area contributed by atoms with Crippen molar-refractivity contribution in [3.63, 3.8) is 0 Å². The van der Waals surface area contributed by atoms with Gasteiger partial charge in [0.1, 0.15) is 23.2 Å². The Morgan fingerprint density at radius 1 is 1.61 bits per heavy atom. The van der Waals surface area contributed by atoms with Gasteiger partial charge in [0, 0.05) is 12.7 Å². The van der Waals surface area contributed by atoms with E-state index in [1.165, 1.54) is 6.07 Å². The predicted octanol–water partition coefficient (Wildman–Crippen LogP) is -0.762. The Balaban J connectivity index is 2.71. The van der Waals surface area contributed by atoms with Crippen LogP contribution in [0, 0.1) is 6.92 Å². The number of nitrogens with zero attached hydrogens (tertiary/aromatic N) is 1. The van der Waals surface area contributed by atoms with E-state index in [1.54, 1.807) is 6.92 Å². The van der Waals surface area contributed by atoms with Crippen molar-refractivity contribution in [1.29, 1.82) is 0 Å². The summed E-state index contributed by atoms with van der Waals surface area (Å²) in [6, 6.07) is 0.0918. The van der Waals surface area contributed by atoms with Crippen LogP contribution in [0.5, 0.6) is 0 Å². The van der Waals surface area contributed by atoms with Crippen molar-refractivity contribution in [3.8, 4) is 0 Å². The molecule has 0 aromatic carbocycles. The topological polar surface area (TPSA) is 130 Å². The summed E-state index contributed by atoms with van der Waals surface area (Å²) < 4.78 is 30.0. The van der Waals surface area contributed by atoms with Gasteiger partial charge in [-0.3, -0.25) is 4.79 Å². The van der Waals surface area contributed by atoms with Gasteiger partial charge in [-0.15, -0.1) is 0 Å². The van der Waals surface area contributed by atoms with Crippen LogP contribution in [0.1, 0.15) is 17.9 Å². The summed E-state index contributed by atoms with van der Waals surface area (Å²) in [7, 11) is -3.85. The summed E-state index contributed by atoms with van der Waals surface area (Å²) in [6.07, 6.45) is -0.202. The molecule has 0 aliphatic rings. The van der Waals surface area contributed by atoms with Gasteiger partial charge < -0.3 is 14.7 Å². The minimum Gasteiger partial charge on any atom is -0.480 e. The predicted molar refractivity (Wildman–Crippen MR) is 60.1 cm³/mol. The molecule has 18 heavy (non-hydrogen) atoms. The fraction of sp³-hybridized carbons (Fsp3) is 0.556. The number of aliphatic hydroxyl groups is 1. The van der Waals surface area contributed by atoms with Crippen molar-refractivity contribution in [2.75, 3.05) is 6.61 Å². The number of aromatic nitrogens is 1. The molecule has 0 fully saturated rings. The van der Waals surface area contributed by atoms with Crippen molar-refractivity contribution in [2.45, 2.75) is 25.1 Å². The molecule has 0 saturated heterocycles. The molecule has 0 saturated carbocycles. The van der Waals surface area contributed by atoms with Crippen molar-refractivity contribution in [1.82, 2.24) is 9.88 Å². The zero-order valence-electron chi connectivity index (χ0n) is 9.66. The van der Waals surface area contributed by atoms with Gasteiger partial charge in [-0.05, 0) is 13.3 Å². The van der Waals surface area contributed by atoms with Crippen LogP contribution in [-0.4, -0.2) is 42.4 Å². The van der Waals surface area contributed by atoms with Crippen LogP contribution in [0.2, 0.25) is 0 Å². The molecule has 0 aliphatic heterocycles. The highest BCUT2D eigenvalue weighted by atomic mass is 32.2. The minimum absolute atomic E-state index is 0.188. The molecule has 0 radical (unpaired) electrons. The molecule has 1 aromatic heterocycles. The lowest BCUT2D eigenvalue weighted by molar-refractivity contribution is -0.139. The Bertz CT molecular complexity index is 509. The van der Waals surface area contributed by atoms with Gasteiger partial charge in [-0.25, -0.2) is 13.1 Å². The normalized spacial score (nSPS) is 13.4. The van der Waals surface area contributed by atoms with E-state index in [0.717, 1.165) is 0 Å². The van der Waals surface area contributed by atoms with E-state index in [4.69, 9.17) is 14.7 Å². The zero-order valence-corrected chi connectivity index (χ0v) is 10.5. The van der Waals surface area contributed by atoms with Crippen LogP contribution in [-0.2, 0) is 20.6 Å². The van der Waals surface area contributed by atoms with E-state index in [0.29, 0.717) is 5.76 Å². The Kier molecular flexibility index (Phi) is 4.82. The average molecular weight is 278 g/mol. The maximum atomic E-state index is 11.7. The molecule has 1 rings (SSSR count). The van der Waals surface area contributed by atoms with Gasteiger partial charge in [0.2, 0.25) is 10.0 Å². The van der Waals surface area contributed by atoms with Gasteiger partial charge in [-0.1, -0.05) is 5.16 Å². The van der Waals surface area contributed by atoms with Gasteiger partial charge in [0.15, 0.2) is 0 Å². The number of nitrogens with one attached hydrogen (secondary N) is 1. The second-order valence-corrected chi connectivity index (χ2v) is 5.46. The third-order valence-electron chi connectivity index (χ3n) is 2.05. The summed E-state index contributed by atoms with van der Waals surface area (Å²) in [4.78, 5) is 10.8. The van der Waals surface area contributed by atoms with Crippen LogP contribution in [0.3, 0.4) is 0 Å². The summed E-state index contributed by atoms with van der Waals surface area (Å²) in [5.74, 6) is -1.35. The van der Waals surface area contributed by atoms with E-state index in [9.17, 15) is 13.2 Å². The number of hydrogen-bond acceptors (Lipinski definition) is 6. The first-order valence-electron chi connectivity index (χ1n) is 5.10. The molecule has 0 unspecified atom stereocenters. The Labute approximate surface area is 104 Å². The maximum Gasteiger partial charge on any atom is 0.321 e. The minimum atomic E-state index is -3.85. The molecular formula is C9H14N2O6S. The number of rotatable bonds is 7. The molecule has 1 atom stereocenters. The fourth-order valence-corrected chi connectivity index (χ4v) is 2.56. The molecule has 0 aliphatic carbocycles. The summed E-state index contributed by atoms with van der Waals surface area (Å²) >= 11 is 0. The van der Waals surface area contributed by atoms with Crippen molar-refractivity contribution >= 4 is 16.0 Å². The standard InChI is InChI=1S/C9H14N2O6S/c1-6-4-7(10-17-6)5-18(15,16)11-8(2-3-12)9(13)14/h4,8,11-12H,2-3,5H2,1H3,(H,13,14)/t8-/m0/s1. The number of sulfonamides is 1. The van der Waals surface area contributed by atoms with E-state index in [1.807, 2.05) is 4.72 Å². The first-order chi connectivity index (χ1) is 8.34. The van der Waals surface area contributed by atoms with Gasteiger partial charge in [0.25, 0.3) is 0 Å². The molecule has 102 valence electrons. The number of carbonyl (C=O) groups is 1. The van der Waals surface area contributed by atoms with Crippen molar-refractivity contribution in [3.05, 3.63) is 17.5 Å². The molecule has 0 amide bonds. The molecular weight excluding hydrogens is 264 g/mol. The number of aliphatic hydroxyl groups excluding tert-OH is 1. The number of hydrogen-bond donors (Lipinski definition) is 3. The third-order valence-corrected chi connectivity index (χ3v) is 3.37. The highest BCUT2D eigenvalue weighted by Crippen LogP contribution is 2.07. The number of carboxylic acid groups (broad SMARTS) is 1. The summed E-state index contributed by atoms with van der Waals surface area (Å²) in [5.41, 5.74) is 0.188. The lowest BCUT2D eigenvalue weighted by Crippen LogP contribution is -2.41. The molecule has 0 bridgehead atoms. The zero-order chi connectivity index (χ0) is 13.8. The largest absolute Gasteiger partial charge is 0.480 e. The van der Waals surface area contributed by atoms with Gasteiger partial charge >= 0.3 is 5.97 Å². The van der Waals surface area contributed by atoms with Gasteiger partial charge in [-0.2, -0.15) is 0 Å². The van der Waals surface area contributed by atoms with E-state index >= 15 is 0 Å². The number of carboxylic acids is 1. The SMILES string of the molecule is Cc1cc(CS(=O)(=O)N[C@@H](CCO)C(=O)O)no1. The molecule has 1 heterocycles. The van der Waals surface area contributed by atoms with Crippen molar-refractivity contribution < 1.29 is 27.9 Å². The summed E-state index contributed by atoms with van der Waals surface area (Å²) in [6.45, 7) is 1.19. The average Bonchev–Trinajstić information content (AvgIpc) is 2.62. The molecule has 9 heteroatoms. The smallest absolute Gasteiger partial charge is 0.321 e. The molecule has 1 aromatic rings. The maximum absolute atomic E-state index is 11.7. The summed E-state index contributed by atoms with van der Waals surface area (Å²) in [5, 5.41) is 20.9. The van der Waals surface area contributed by atoms with Crippen LogP contribution in [0.25, 0.3) is 0 Å². The first-order valence-corrected chi connectivity index (χ1v) is 6.75. The highest BCUT2D eigenvalue weighted by Gasteiger charge is 2.24. The highest BCUT2D eigenvalue weighted by molar-refractivity contribution is 7.88. The number of aryl methyl sites for hydroxylation is 1. The molecule has 0 spiro atoms. The van der Waals surface area contributed by atoms with Crippen LogP contribution in [0.4, 0.5) is 0 Å². The first kappa shape index (κ1) is 14.6. The Morgan fingerprint density at radius 3 is 2.72 bits per heavy atom. The van der Waals surface area contributed by atoms with E-state index in [-0.39, 0.29) is 12.1 Å². The number of aliphatic carboxylic acids is 1. The van der Waals surface area contributed by atoms with Crippen LogP contribution < -0.4 is 4.72 Å². The van der Waals surface area contributed by atoms with E-state index < -0.39 is 34.4 Å². The fourth-order valence-electron chi connectivity index (χ4n) is 1.30. The van der Waals surface area contributed by atoms with Gasteiger partial charge in [0.05, 0.1) is 0 Å². The molecule has 3 N–H and O–H groups in total. The van der Waals surface area contributed by atoms with Crippen LogP contribution in [0.15, 0.2) is 10.6 Å². The van der Waals surface area contributed by atoms with Crippen LogP contribution >= 0.6 is 0 Å². The van der Waals surface area contributed by atoms with E-state index in [2.05, 4.69) is 5.16 Å². The third kappa shape index (κ3) is 4.43.